The van der Waals surface area contributed by atoms with Crippen molar-refractivity contribution in [2.45, 2.75) is 53.0 Å². The molecule has 3 nitrogen and oxygen atoms in total. The summed E-state index contributed by atoms with van der Waals surface area (Å²) in [5, 5.41) is 0. The predicted molar refractivity (Wildman–Crippen MR) is 61.6 cm³/mol. The van der Waals surface area contributed by atoms with Crippen molar-refractivity contribution in [3.8, 4) is 0 Å². The molecule has 0 aliphatic rings. The third kappa shape index (κ3) is 4.45. The van der Waals surface area contributed by atoms with Gasteiger partial charge in [-0.05, 0) is 19.3 Å². The van der Waals surface area contributed by atoms with Crippen LogP contribution in [0.2, 0.25) is 0 Å². The van der Waals surface area contributed by atoms with Gasteiger partial charge in [-0.25, -0.2) is 0 Å². The van der Waals surface area contributed by atoms with E-state index in [2.05, 4.69) is 6.92 Å². The summed E-state index contributed by atoms with van der Waals surface area (Å²) < 4.78 is 0. The van der Waals surface area contributed by atoms with Gasteiger partial charge in [0.1, 0.15) is 0 Å². The van der Waals surface area contributed by atoms with E-state index in [4.69, 9.17) is 0 Å². The number of carbonyl (C=O) groups is 2. The van der Waals surface area contributed by atoms with Crippen molar-refractivity contribution >= 4 is 11.7 Å². The number of likely N-dealkylation sites (N-methyl/N-ethyl adjacent to an activating group) is 1. The van der Waals surface area contributed by atoms with E-state index in [0.29, 0.717) is 6.42 Å². The summed E-state index contributed by atoms with van der Waals surface area (Å²) in [6.07, 6.45) is 2.45. The minimum absolute atomic E-state index is 0.0670. The molecule has 0 heterocycles. The summed E-state index contributed by atoms with van der Waals surface area (Å²) in [5.41, 5.74) is 0. The zero-order chi connectivity index (χ0) is 12.0. The Hall–Kier alpha value is -0.860. The average Bonchev–Trinajstić information content (AvgIpc) is 2.12. The summed E-state index contributed by atoms with van der Waals surface area (Å²) in [4.78, 5) is 24.7. The molecule has 88 valence electrons. The highest BCUT2D eigenvalue weighted by atomic mass is 16.2. The molecule has 0 unspecified atom stereocenters. The SMILES string of the molecule is CCCCC(=O)N(C)[C@H](C(C)=O)C(C)C. The number of nitrogens with zero attached hydrogens (tertiary/aromatic N) is 1. The zero-order valence-corrected chi connectivity index (χ0v) is 10.5. The van der Waals surface area contributed by atoms with E-state index < -0.39 is 0 Å². The van der Waals surface area contributed by atoms with Gasteiger partial charge in [0.25, 0.3) is 0 Å². The molecule has 15 heavy (non-hydrogen) atoms. The Bertz CT molecular complexity index is 224. The molecule has 1 atom stereocenters. The van der Waals surface area contributed by atoms with Gasteiger partial charge in [-0.15, -0.1) is 0 Å². The van der Waals surface area contributed by atoms with Crippen molar-refractivity contribution in [2.75, 3.05) is 7.05 Å². The van der Waals surface area contributed by atoms with Crippen LogP contribution in [0.5, 0.6) is 0 Å². The maximum atomic E-state index is 11.7. The lowest BCUT2D eigenvalue weighted by atomic mass is 9.99. The van der Waals surface area contributed by atoms with E-state index in [0.717, 1.165) is 12.8 Å². The van der Waals surface area contributed by atoms with E-state index in [1.807, 2.05) is 13.8 Å². The molecule has 3 heteroatoms. The van der Waals surface area contributed by atoms with Crippen molar-refractivity contribution < 1.29 is 9.59 Å². The van der Waals surface area contributed by atoms with Crippen LogP contribution in [-0.2, 0) is 9.59 Å². The number of Topliss-reactive ketones (excluding diaryl/α,β-unsaturated/α-hetero) is 1. The second-order valence-corrected chi connectivity index (χ2v) is 4.41. The van der Waals surface area contributed by atoms with Crippen molar-refractivity contribution in [1.82, 2.24) is 4.90 Å². The Morgan fingerprint density at radius 3 is 2.13 bits per heavy atom. The lowest BCUT2D eigenvalue weighted by molar-refractivity contribution is -0.138. The molecule has 0 saturated heterocycles. The molecular formula is C12H23NO2. The van der Waals surface area contributed by atoms with Gasteiger partial charge in [0.2, 0.25) is 5.91 Å². The summed E-state index contributed by atoms with van der Waals surface area (Å²) in [5.74, 6) is 0.321. The monoisotopic (exact) mass is 213 g/mol. The minimum Gasteiger partial charge on any atom is -0.335 e. The molecule has 0 radical (unpaired) electrons. The second kappa shape index (κ2) is 6.59. The first-order chi connectivity index (χ1) is 6.91. The van der Waals surface area contributed by atoms with E-state index >= 15 is 0 Å². The number of ketones is 1. The van der Waals surface area contributed by atoms with Crippen molar-refractivity contribution in [1.29, 1.82) is 0 Å². The summed E-state index contributed by atoms with van der Waals surface area (Å²) in [7, 11) is 1.73. The number of hydrogen-bond acceptors (Lipinski definition) is 2. The standard InChI is InChI=1S/C12H23NO2/c1-6-7-8-11(15)13(5)12(9(2)3)10(4)14/h9,12H,6-8H2,1-5H3/t12-/m0/s1. The lowest BCUT2D eigenvalue weighted by Gasteiger charge is -2.29. The van der Waals surface area contributed by atoms with Gasteiger partial charge in [0.15, 0.2) is 5.78 Å². The van der Waals surface area contributed by atoms with Crippen LogP contribution < -0.4 is 0 Å². The number of rotatable bonds is 6. The second-order valence-electron chi connectivity index (χ2n) is 4.41. The zero-order valence-electron chi connectivity index (χ0n) is 10.5. The number of hydrogen-bond donors (Lipinski definition) is 0. The lowest BCUT2D eigenvalue weighted by Crippen LogP contribution is -2.44. The van der Waals surface area contributed by atoms with Crippen LogP contribution in [0.4, 0.5) is 0 Å². The summed E-state index contributed by atoms with van der Waals surface area (Å²) in [6, 6.07) is -0.269. The van der Waals surface area contributed by atoms with Gasteiger partial charge >= 0.3 is 0 Å². The smallest absolute Gasteiger partial charge is 0.222 e. The molecule has 1 amide bonds. The molecule has 0 fully saturated rings. The van der Waals surface area contributed by atoms with Gasteiger partial charge in [-0.2, -0.15) is 0 Å². The van der Waals surface area contributed by atoms with Crippen LogP contribution in [0.1, 0.15) is 47.0 Å². The highest BCUT2D eigenvalue weighted by Gasteiger charge is 2.26. The summed E-state index contributed by atoms with van der Waals surface area (Å²) >= 11 is 0. The Labute approximate surface area is 92.8 Å². The number of unbranched alkanes of at least 4 members (excludes halogenated alkanes) is 1. The van der Waals surface area contributed by atoms with E-state index in [1.165, 1.54) is 0 Å². The Kier molecular flexibility index (Phi) is 6.21. The quantitative estimate of drug-likeness (QED) is 0.678. The summed E-state index contributed by atoms with van der Waals surface area (Å²) in [6.45, 7) is 7.54. The van der Waals surface area contributed by atoms with Crippen LogP contribution >= 0.6 is 0 Å². The molecule has 0 bridgehead atoms. The highest BCUT2D eigenvalue weighted by molar-refractivity contribution is 5.87. The van der Waals surface area contributed by atoms with Gasteiger partial charge in [0, 0.05) is 13.5 Å². The molecule has 0 spiro atoms. The predicted octanol–water partition coefficient (Wildman–Crippen LogP) is 2.25. The maximum absolute atomic E-state index is 11.7. The third-order valence-electron chi connectivity index (χ3n) is 2.60. The molecule has 0 rings (SSSR count). The van der Waals surface area contributed by atoms with Crippen LogP contribution in [0.3, 0.4) is 0 Å². The van der Waals surface area contributed by atoms with Crippen LogP contribution in [0.15, 0.2) is 0 Å². The van der Waals surface area contributed by atoms with Crippen LogP contribution in [0, 0.1) is 5.92 Å². The molecule has 0 aromatic heterocycles. The highest BCUT2D eigenvalue weighted by Crippen LogP contribution is 2.12. The molecule has 0 saturated carbocycles. The third-order valence-corrected chi connectivity index (χ3v) is 2.60. The topological polar surface area (TPSA) is 37.4 Å². The Morgan fingerprint density at radius 2 is 1.80 bits per heavy atom. The number of amides is 1. The fraction of sp³-hybridized carbons (Fsp3) is 0.833. The number of carbonyl (C=O) groups excluding carboxylic acids is 2. The van der Waals surface area contributed by atoms with E-state index in [1.54, 1.807) is 18.9 Å². The molecule has 0 N–H and O–H groups in total. The fourth-order valence-electron chi connectivity index (χ4n) is 1.85. The first kappa shape index (κ1) is 14.1. The molecule has 0 aromatic carbocycles. The van der Waals surface area contributed by atoms with E-state index in [-0.39, 0.29) is 23.7 Å². The minimum atomic E-state index is -0.269. The largest absolute Gasteiger partial charge is 0.335 e. The Morgan fingerprint density at radius 1 is 1.27 bits per heavy atom. The molecular weight excluding hydrogens is 190 g/mol. The van der Waals surface area contributed by atoms with E-state index in [9.17, 15) is 9.59 Å². The Balaban J connectivity index is 4.43. The first-order valence-corrected chi connectivity index (χ1v) is 5.67. The van der Waals surface area contributed by atoms with Crippen molar-refractivity contribution in [3.05, 3.63) is 0 Å². The van der Waals surface area contributed by atoms with Crippen molar-refractivity contribution in [3.63, 3.8) is 0 Å². The molecule has 0 aliphatic heterocycles. The molecule has 0 aromatic rings. The van der Waals surface area contributed by atoms with Crippen LogP contribution in [0.25, 0.3) is 0 Å². The van der Waals surface area contributed by atoms with Gasteiger partial charge in [0.05, 0.1) is 6.04 Å². The normalized spacial score (nSPS) is 12.7. The maximum Gasteiger partial charge on any atom is 0.222 e. The first-order valence-electron chi connectivity index (χ1n) is 5.67. The van der Waals surface area contributed by atoms with Gasteiger partial charge in [-0.1, -0.05) is 27.2 Å². The average molecular weight is 213 g/mol. The fourth-order valence-corrected chi connectivity index (χ4v) is 1.85. The van der Waals surface area contributed by atoms with Gasteiger partial charge < -0.3 is 4.90 Å². The van der Waals surface area contributed by atoms with Gasteiger partial charge in [-0.3, -0.25) is 9.59 Å². The van der Waals surface area contributed by atoms with Crippen LogP contribution in [-0.4, -0.2) is 29.7 Å². The van der Waals surface area contributed by atoms with Crippen molar-refractivity contribution in [2.24, 2.45) is 5.92 Å². The molecule has 0 aliphatic carbocycles.